The van der Waals surface area contributed by atoms with Gasteiger partial charge in [-0.15, -0.1) is 11.8 Å². The Bertz CT molecular complexity index is 2280. The number of phosphoric ester groups is 2. The smallest absolute Gasteiger partial charge is 0.481 e. The maximum absolute atomic E-state index is 13.4. The molecular weight excluding hydrogens is 1070 g/mol. The van der Waals surface area contributed by atoms with Crippen LogP contribution in [-0.2, 0) is 51.1 Å². The predicted molar refractivity (Wildman–Crippen MR) is 299 cm³/mol. The van der Waals surface area contributed by atoms with Crippen LogP contribution in [0.4, 0.5) is 5.82 Å². The van der Waals surface area contributed by atoms with E-state index in [1.807, 2.05) is 12.2 Å². The predicted octanol–water partition coefficient (Wildman–Crippen LogP) is 7.98. The van der Waals surface area contributed by atoms with Gasteiger partial charge in [-0.3, -0.25) is 28.0 Å². The van der Waals surface area contributed by atoms with Gasteiger partial charge >= 0.3 is 39.2 Å². The Morgan fingerprint density at radius 3 is 2.12 bits per heavy atom. The SMILES string of the molecule is CC/C=C\C/C=C\C/C=C\CCCCCCCC(=O)OC[C@H](COP(=O)(O)OP(=O)(O)OC[C@H]1O[C@@H](n2ccc(N)nc2=O)[C@H](O)[C@@H]1O)OC(=O)[C@@H](N)CS[C@H](/C=C/C=C/C=C\C/C=C\CCCCC)[C@@H](O)CCCC(=O)O. The van der Waals surface area contributed by atoms with Gasteiger partial charge in [-0.05, 0) is 76.7 Å². The van der Waals surface area contributed by atoms with E-state index in [0.29, 0.717) is 6.42 Å². The lowest BCUT2D eigenvalue weighted by atomic mass is 10.1. The molecule has 10 atom stereocenters. The number of unbranched alkanes of at least 4 members (excludes halogenated alkanes) is 8. The van der Waals surface area contributed by atoms with Gasteiger partial charge in [0.25, 0.3) is 0 Å². The summed E-state index contributed by atoms with van der Waals surface area (Å²) in [6.07, 6.45) is 32.9. The second-order valence-corrected chi connectivity index (χ2v) is 22.5. The highest BCUT2D eigenvalue weighted by atomic mass is 32.2. The number of carbonyl (C=O) groups excluding carboxylic acids is 2. The molecule has 1 fully saturated rings. The molecule has 0 amide bonds. The Hall–Kier alpha value is -4.32. The number of carboxylic acids is 1. The molecule has 1 aliphatic rings. The van der Waals surface area contributed by atoms with Crippen LogP contribution in [0, 0.1) is 0 Å². The minimum absolute atomic E-state index is 0.000491. The van der Waals surface area contributed by atoms with Crippen molar-refractivity contribution >= 4 is 51.1 Å². The highest BCUT2D eigenvalue weighted by Crippen LogP contribution is 2.60. The zero-order valence-corrected chi connectivity index (χ0v) is 47.5. The van der Waals surface area contributed by atoms with Crippen molar-refractivity contribution in [2.45, 2.75) is 177 Å². The summed E-state index contributed by atoms with van der Waals surface area (Å²) < 4.78 is 57.0. The van der Waals surface area contributed by atoms with E-state index in [1.165, 1.54) is 12.5 Å². The number of phosphoric acid groups is 2. The normalized spacial score (nSPS) is 20.4. The van der Waals surface area contributed by atoms with Crippen LogP contribution in [0.2, 0.25) is 0 Å². The number of carboxylic acid groups (broad SMARTS) is 1. The zero-order valence-electron chi connectivity index (χ0n) is 44.8. The van der Waals surface area contributed by atoms with E-state index in [9.17, 15) is 53.4 Å². The van der Waals surface area contributed by atoms with E-state index in [4.69, 9.17) is 39.8 Å². The van der Waals surface area contributed by atoms with Crippen molar-refractivity contribution in [2.75, 3.05) is 31.3 Å². The number of allylic oxidation sites excluding steroid dienone is 13. The number of ether oxygens (including phenoxy) is 3. The molecule has 2 heterocycles. The fourth-order valence-corrected chi connectivity index (χ4v) is 10.5. The number of nitrogens with two attached hydrogens (primary N) is 2. The number of thioether (sulfide) groups is 1. The van der Waals surface area contributed by atoms with Gasteiger partial charge in [0.05, 0.1) is 19.3 Å². The van der Waals surface area contributed by atoms with Gasteiger partial charge in [-0.2, -0.15) is 9.29 Å². The molecule has 0 radical (unpaired) electrons. The Balaban J connectivity index is 2.08. The summed E-state index contributed by atoms with van der Waals surface area (Å²) in [6.45, 7) is 1.49. The Labute approximate surface area is 462 Å². The zero-order chi connectivity index (χ0) is 57.6. The monoisotopic (exact) mass is 1160 g/mol. The summed E-state index contributed by atoms with van der Waals surface area (Å²) >= 11 is 1.08. The van der Waals surface area contributed by atoms with E-state index < -0.39 is 107 Å². The number of anilines is 1. The molecule has 22 nitrogen and oxygen atoms in total. The van der Waals surface area contributed by atoms with Crippen LogP contribution in [0.25, 0.3) is 0 Å². The van der Waals surface area contributed by atoms with Gasteiger partial charge in [0.1, 0.15) is 36.8 Å². The van der Waals surface area contributed by atoms with Crippen molar-refractivity contribution < 1.29 is 81.3 Å². The van der Waals surface area contributed by atoms with Crippen LogP contribution in [0.3, 0.4) is 0 Å². The second kappa shape index (κ2) is 40.8. The quantitative estimate of drug-likeness (QED) is 0.0101. The van der Waals surface area contributed by atoms with Gasteiger partial charge in [-0.25, -0.2) is 13.9 Å². The summed E-state index contributed by atoms with van der Waals surface area (Å²) in [6, 6.07) is -0.172. The second-order valence-electron chi connectivity index (χ2n) is 18.2. The average molecular weight is 1160 g/mol. The molecule has 1 aromatic rings. The third-order valence-corrected chi connectivity index (χ3v) is 15.5. The highest BCUT2D eigenvalue weighted by molar-refractivity contribution is 8.00. The van der Waals surface area contributed by atoms with Crippen LogP contribution in [0.5, 0.6) is 0 Å². The number of hydrogen-bond donors (Lipinski definition) is 8. The Morgan fingerprint density at radius 1 is 0.808 bits per heavy atom. The van der Waals surface area contributed by atoms with E-state index in [-0.39, 0.29) is 37.3 Å². The number of nitrogens with zero attached hydrogens (tertiary/aromatic N) is 2. The first-order valence-electron chi connectivity index (χ1n) is 26.5. The lowest BCUT2D eigenvalue weighted by Gasteiger charge is -2.23. The Kier molecular flexibility index (Phi) is 36.5. The molecule has 440 valence electrons. The molecule has 1 aromatic heterocycles. The van der Waals surface area contributed by atoms with Gasteiger partial charge in [0.2, 0.25) is 0 Å². The lowest BCUT2D eigenvalue weighted by Crippen LogP contribution is -2.40. The summed E-state index contributed by atoms with van der Waals surface area (Å²) in [4.78, 5) is 74.0. The van der Waals surface area contributed by atoms with Gasteiger partial charge < -0.3 is 55.9 Å². The number of nitrogen functional groups attached to an aromatic ring is 1. The maximum atomic E-state index is 13.4. The molecule has 0 aromatic carbocycles. The molecule has 10 N–H and O–H groups in total. The number of carbonyl (C=O) groups is 3. The van der Waals surface area contributed by atoms with Crippen LogP contribution < -0.4 is 17.2 Å². The summed E-state index contributed by atoms with van der Waals surface area (Å²) in [7, 11) is -11.1. The minimum atomic E-state index is -5.59. The first-order valence-corrected chi connectivity index (χ1v) is 30.6. The number of rotatable bonds is 43. The molecule has 0 aliphatic carbocycles. The summed E-state index contributed by atoms with van der Waals surface area (Å²) in [5, 5.41) is 40.5. The van der Waals surface area contributed by atoms with Crippen molar-refractivity contribution in [2.24, 2.45) is 5.73 Å². The largest absolute Gasteiger partial charge is 0.481 e. The molecule has 2 unspecified atom stereocenters. The van der Waals surface area contributed by atoms with Crippen LogP contribution in [-0.4, -0.2) is 125 Å². The number of aliphatic hydroxyl groups excluding tert-OH is 3. The number of aliphatic carboxylic acids is 1. The molecule has 2 rings (SSSR count). The van der Waals surface area contributed by atoms with Crippen molar-refractivity contribution in [3.05, 3.63) is 108 Å². The van der Waals surface area contributed by atoms with E-state index in [2.05, 4.69) is 71.8 Å². The molecular formula is C53H84N4O18P2S. The molecule has 25 heteroatoms. The highest BCUT2D eigenvalue weighted by Gasteiger charge is 2.46. The molecule has 1 saturated heterocycles. The van der Waals surface area contributed by atoms with E-state index >= 15 is 0 Å². The maximum Gasteiger partial charge on any atom is 0.481 e. The first kappa shape index (κ1) is 69.8. The summed E-state index contributed by atoms with van der Waals surface area (Å²) in [5.41, 5.74) is 10.8. The van der Waals surface area contributed by atoms with Gasteiger partial charge in [0, 0.05) is 30.0 Å². The van der Waals surface area contributed by atoms with Crippen molar-refractivity contribution in [1.82, 2.24) is 9.55 Å². The third kappa shape index (κ3) is 32.1. The number of hydrogen-bond acceptors (Lipinski definition) is 19. The lowest BCUT2D eigenvalue weighted by molar-refractivity contribution is -0.161. The van der Waals surface area contributed by atoms with Crippen LogP contribution >= 0.6 is 27.4 Å². The topological polar surface area (TPSA) is 349 Å². The minimum Gasteiger partial charge on any atom is -0.481 e. The van der Waals surface area contributed by atoms with Crippen molar-refractivity contribution in [1.29, 1.82) is 0 Å². The fourth-order valence-electron chi connectivity index (χ4n) is 7.22. The van der Waals surface area contributed by atoms with Crippen molar-refractivity contribution in [3.8, 4) is 0 Å². The first-order chi connectivity index (χ1) is 37.3. The fraction of sp³-hybridized carbons (Fsp3) is 0.604. The Morgan fingerprint density at radius 2 is 1.44 bits per heavy atom. The summed E-state index contributed by atoms with van der Waals surface area (Å²) in [5.74, 6) is -3.06. The molecule has 0 bridgehead atoms. The standard InChI is InChI=1S/C53H84N4O18P2S/c1-3-5-7-9-11-13-15-17-18-19-21-23-25-27-29-34-48(61)70-37-41(38-71-76(66,67)75-77(68,69)72-39-44-49(62)50(63)51(74-44)57-36-35-46(55)56-53(57)65)73-52(64)42(54)40-78-45(43(58)31-30-33-47(59)60)32-28-26-24-22-20-16-14-12-10-8-6-4-2/h5,7,11-14,17-18,20,22,24,26,28,32,35-36,41-45,49-51,58,62-63H,3-4,6,8-10,15-16,19,21,23,25,27,29-31,33-34,37-40,54H2,1-2H3,(H,59,60)(H,66,67)(H,68,69)(H2,55,56,65)/b7-5-,13-11-,14-12-,18-17-,22-20-,26-24+,32-28+/t41-,42+,43+,44-,45-,49-,50-,51-/m1/s1. The van der Waals surface area contributed by atoms with Crippen molar-refractivity contribution in [3.63, 3.8) is 0 Å². The van der Waals surface area contributed by atoms with Gasteiger partial charge in [-0.1, -0.05) is 131 Å². The molecule has 1 aliphatic heterocycles. The van der Waals surface area contributed by atoms with Crippen LogP contribution in [0.15, 0.2) is 102 Å². The molecule has 78 heavy (non-hydrogen) atoms. The van der Waals surface area contributed by atoms with E-state index in [1.54, 1.807) is 24.3 Å². The van der Waals surface area contributed by atoms with Crippen LogP contribution in [0.1, 0.15) is 136 Å². The number of aromatic nitrogens is 2. The number of aliphatic hydroxyl groups is 3. The average Bonchev–Trinajstić information content (AvgIpc) is 3.70. The van der Waals surface area contributed by atoms with E-state index in [0.717, 1.165) is 99.6 Å². The molecule has 0 saturated carbocycles. The molecule has 0 spiro atoms. The third-order valence-electron chi connectivity index (χ3n) is 11.5. The number of esters is 2. The van der Waals surface area contributed by atoms with Gasteiger partial charge in [0.15, 0.2) is 12.3 Å².